The second-order valence-electron chi connectivity index (χ2n) is 5.74. The summed E-state index contributed by atoms with van der Waals surface area (Å²) in [5.41, 5.74) is 0.950. The molecule has 0 aliphatic carbocycles. The molecular formula is C17H20FN3O3S. The molecule has 6 nitrogen and oxygen atoms in total. The predicted molar refractivity (Wildman–Crippen MR) is 93.8 cm³/mol. The Morgan fingerprint density at radius 1 is 1.20 bits per heavy atom. The van der Waals surface area contributed by atoms with E-state index in [0.717, 1.165) is 0 Å². The van der Waals surface area contributed by atoms with Crippen molar-refractivity contribution in [2.75, 3.05) is 12.4 Å². The number of carbonyl (C=O) groups excluding carboxylic acids is 1. The minimum absolute atomic E-state index is 0.0322. The van der Waals surface area contributed by atoms with E-state index in [1.165, 1.54) is 30.3 Å². The molecule has 0 aromatic heterocycles. The zero-order valence-corrected chi connectivity index (χ0v) is 14.8. The molecule has 2 aromatic rings. The van der Waals surface area contributed by atoms with Crippen molar-refractivity contribution in [2.24, 2.45) is 5.14 Å². The van der Waals surface area contributed by atoms with Gasteiger partial charge in [0.05, 0.1) is 10.9 Å². The minimum atomic E-state index is -3.77. The number of primary sulfonamides is 1. The predicted octanol–water partition coefficient (Wildman–Crippen LogP) is 1.93. The number of amides is 1. The lowest BCUT2D eigenvalue weighted by Crippen LogP contribution is -2.39. The van der Waals surface area contributed by atoms with Gasteiger partial charge in [0.2, 0.25) is 15.9 Å². The summed E-state index contributed by atoms with van der Waals surface area (Å²) in [6.45, 7) is 1.99. The first-order valence-corrected chi connectivity index (χ1v) is 9.10. The summed E-state index contributed by atoms with van der Waals surface area (Å²) >= 11 is 0. The number of nitrogens with two attached hydrogens (primary N) is 1. The highest BCUT2D eigenvalue weighted by Gasteiger charge is 2.19. The Balaban J connectivity index is 2.01. The third-order valence-electron chi connectivity index (χ3n) is 3.87. The van der Waals surface area contributed by atoms with Crippen LogP contribution in [0.3, 0.4) is 0 Å². The molecule has 1 atom stereocenters. The number of halogens is 1. The van der Waals surface area contributed by atoms with Crippen LogP contribution in [0.5, 0.6) is 0 Å². The molecule has 0 spiro atoms. The van der Waals surface area contributed by atoms with Crippen LogP contribution in [-0.2, 0) is 21.4 Å². The molecule has 0 unspecified atom stereocenters. The number of sulfonamides is 1. The van der Waals surface area contributed by atoms with E-state index in [1.807, 2.05) is 0 Å². The van der Waals surface area contributed by atoms with Crippen molar-refractivity contribution >= 4 is 21.6 Å². The van der Waals surface area contributed by atoms with Crippen molar-refractivity contribution in [3.8, 4) is 0 Å². The normalized spacial score (nSPS) is 12.8. The molecule has 2 rings (SSSR count). The average Bonchev–Trinajstić information content (AvgIpc) is 2.55. The van der Waals surface area contributed by atoms with Gasteiger partial charge in [-0.1, -0.05) is 18.2 Å². The highest BCUT2D eigenvalue weighted by atomic mass is 32.2. The van der Waals surface area contributed by atoms with Gasteiger partial charge in [-0.3, -0.25) is 9.69 Å². The van der Waals surface area contributed by atoms with Crippen molar-refractivity contribution < 1.29 is 17.6 Å². The second kappa shape index (κ2) is 7.73. The van der Waals surface area contributed by atoms with Gasteiger partial charge in [-0.25, -0.2) is 17.9 Å². The Morgan fingerprint density at radius 2 is 1.80 bits per heavy atom. The van der Waals surface area contributed by atoms with E-state index >= 15 is 0 Å². The van der Waals surface area contributed by atoms with E-state index in [-0.39, 0.29) is 23.2 Å². The van der Waals surface area contributed by atoms with Crippen molar-refractivity contribution in [3.63, 3.8) is 0 Å². The first-order chi connectivity index (χ1) is 11.7. The van der Waals surface area contributed by atoms with Gasteiger partial charge in [-0.05, 0) is 44.3 Å². The van der Waals surface area contributed by atoms with Gasteiger partial charge in [0.25, 0.3) is 0 Å². The summed E-state index contributed by atoms with van der Waals surface area (Å²) in [4.78, 5) is 14.0. The molecule has 8 heteroatoms. The molecule has 0 bridgehead atoms. The molecule has 0 radical (unpaired) electrons. The third-order valence-corrected chi connectivity index (χ3v) is 4.80. The lowest BCUT2D eigenvalue weighted by atomic mass is 10.1. The van der Waals surface area contributed by atoms with E-state index in [9.17, 15) is 17.6 Å². The van der Waals surface area contributed by atoms with E-state index < -0.39 is 16.1 Å². The number of benzene rings is 2. The molecule has 134 valence electrons. The molecule has 0 aliphatic rings. The number of rotatable bonds is 6. The van der Waals surface area contributed by atoms with E-state index in [2.05, 4.69) is 5.32 Å². The zero-order chi connectivity index (χ0) is 18.6. The number of hydrogen-bond donors (Lipinski definition) is 2. The topological polar surface area (TPSA) is 92.5 Å². The Labute approximate surface area is 146 Å². The highest BCUT2D eigenvalue weighted by molar-refractivity contribution is 7.89. The molecule has 0 saturated carbocycles. The molecule has 3 N–H and O–H groups in total. The van der Waals surface area contributed by atoms with Crippen molar-refractivity contribution in [1.82, 2.24) is 4.90 Å². The van der Waals surface area contributed by atoms with Gasteiger partial charge >= 0.3 is 0 Å². The largest absolute Gasteiger partial charge is 0.325 e. The van der Waals surface area contributed by atoms with Crippen LogP contribution in [-0.4, -0.2) is 32.3 Å². The van der Waals surface area contributed by atoms with Crippen molar-refractivity contribution in [2.45, 2.75) is 24.4 Å². The van der Waals surface area contributed by atoms with Gasteiger partial charge in [0.1, 0.15) is 5.82 Å². The first kappa shape index (κ1) is 19.0. The molecule has 0 heterocycles. The second-order valence-corrected chi connectivity index (χ2v) is 7.30. The fourth-order valence-corrected chi connectivity index (χ4v) is 2.72. The zero-order valence-electron chi connectivity index (χ0n) is 13.9. The average molecular weight is 365 g/mol. The number of nitrogens with one attached hydrogen (secondary N) is 1. The monoisotopic (exact) mass is 365 g/mol. The summed E-state index contributed by atoms with van der Waals surface area (Å²) in [6.07, 6.45) is 0. The molecule has 0 fully saturated rings. The number of carbonyl (C=O) groups is 1. The summed E-state index contributed by atoms with van der Waals surface area (Å²) < 4.78 is 36.1. The molecule has 1 amide bonds. The van der Waals surface area contributed by atoms with Crippen molar-refractivity contribution in [3.05, 3.63) is 59.9 Å². The number of hydrogen-bond acceptors (Lipinski definition) is 4. The SMILES string of the molecule is C[C@H](C(=O)Nc1ccc(S(N)(=O)=O)cc1)N(C)Cc1ccccc1F. The van der Waals surface area contributed by atoms with E-state index in [0.29, 0.717) is 11.3 Å². The minimum Gasteiger partial charge on any atom is -0.325 e. The van der Waals surface area contributed by atoms with Gasteiger partial charge < -0.3 is 5.32 Å². The number of nitrogens with zero attached hydrogens (tertiary/aromatic N) is 1. The van der Waals surface area contributed by atoms with E-state index in [4.69, 9.17) is 5.14 Å². The van der Waals surface area contributed by atoms with Gasteiger partial charge in [0, 0.05) is 17.8 Å². The standard InChI is InChI=1S/C17H20FN3O3S/c1-12(21(2)11-13-5-3-4-6-16(13)18)17(22)20-14-7-9-15(10-8-14)25(19,23)24/h3-10,12H,11H2,1-2H3,(H,20,22)(H2,19,23,24)/t12-/m1/s1. The molecule has 2 aromatic carbocycles. The first-order valence-electron chi connectivity index (χ1n) is 7.56. The van der Waals surface area contributed by atoms with Gasteiger partial charge in [-0.15, -0.1) is 0 Å². The van der Waals surface area contributed by atoms with Crippen LogP contribution in [0.4, 0.5) is 10.1 Å². The maximum atomic E-state index is 13.7. The van der Waals surface area contributed by atoms with Crippen LogP contribution < -0.4 is 10.5 Å². The smallest absolute Gasteiger partial charge is 0.241 e. The molecular weight excluding hydrogens is 345 g/mol. The maximum absolute atomic E-state index is 13.7. The van der Waals surface area contributed by atoms with Gasteiger partial charge in [0.15, 0.2) is 0 Å². The Morgan fingerprint density at radius 3 is 2.36 bits per heavy atom. The fraction of sp³-hybridized carbons (Fsp3) is 0.235. The Bertz CT molecular complexity index is 854. The molecule has 25 heavy (non-hydrogen) atoms. The third kappa shape index (κ3) is 5.09. The van der Waals surface area contributed by atoms with Crippen LogP contribution in [0.25, 0.3) is 0 Å². The molecule has 0 aliphatic heterocycles. The van der Waals surface area contributed by atoms with Crippen LogP contribution >= 0.6 is 0 Å². The number of likely N-dealkylation sites (N-methyl/N-ethyl adjacent to an activating group) is 1. The Kier molecular flexibility index (Phi) is 5.89. The number of anilines is 1. The Hall–Kier alpha value is -2.29. The quantitative estimate of drug-likeness (QED) is 0.818. The summed E-state index contributed by atoms with van der Waals surface area (Å²) in [7, 11) is -2.05. The van der Waals surface area contributed by atoms with Crippen molar-refractivity contribution in [1.29, 1.82) is 0 Å². The van der Waals surface area contributed by atoms with E-state index in [1.54, 1.807) is 37.1 Å². The lowest BCUT2D eigenvalue weighted by molar-refractivity contribution is -0.120. The highest BCUT2D eigenvalue weighted by Crippen LogP contribution is 2.15. The lowest BCUT2D eigenvalue weighted by Gasteiger charge is -2.24. The van der Waals surface area contributed by atoms with Crippen LogP contribution in [0.15, 0.2) is 53.4 Å². The summed E-state index contributed by atoms with van der Waals surface area (Å²) in [5.74, 6) is -0.609. The summed E-state index contributed by atoms with van der Waals surface area (Å²) in [5, 5.41) is 7.72. The van der Waals surface area contributed by atoms with Crippen LogP contribution in [0.1, 0.15) is 12.5 Å². The van der Waals surface area contributed by atoms with Crippen LogP contribution in [0.2, 0.25) is 0 Å². The maximum Gasteiger partial charge on any atom is 0.241 e. The molecule has 0 saturated heterocycles. The summed E-state index contributed by atoms with van der Waals surface area (Å²) in [6, 6.07) is 11.4. The van der Waals surface area contributed by atoms with Crippen LogP contribution in [0, 0.1) is 5.82 Å². The van der Waals surface area contributed by atoms with Gasteiger partial charge in [-0.2, -0.15) is 0 Å². The fourth-order valence-electron chi connectivity index (χ4n) is 2.21.